The van der Waals surface area contributed by atoms with Crippen LogP contribution >= 0.6 is 0 Å². The third-order valence-electron chi connectivity index (χ3n) is 4.97. The van der Waals surface area contributed by atoms with Gasteiger partial charge in [-0.25, -0.2) is 9.18 Å². The molecule has 0 aromatic heterocycles. The third-order valence-corrected chi connectivity index (χ3v) is 4.97. The molecule has 2 aliphatic heterocycles. The lowest BCUT2D eigenvalue weighted by Crippen LogP contribution is -2.37. The van der Waals surface area contributed by atoms with Gasteiger partial charge in [0.25, 0.3) is 0 Å². The summed E-state index contributed by atoms with van der Waals surface area (Å²) in [7, 11) is 0. The van der Waals surface area contributed by atoms with Crippen molar-refractivity contribution in [2.75, 3.05) is 17.2 Å². The van der Waals surface area contributed by atoms with E-state index in [1.54, 1.807) is 23.1 Å². The number of halogens is 1. The van der Waals surface area contributed by atoms with Gasteiger partial charge in [0.1, 0.15) is 5.75 Å². The van der Waals surface area contributed by atoms with E-state index in [1.165, 1.54) is 11.0 Å². The van der Waals surface area contributed by atoms with Crippen molar-refractivity contribution < 1.29 is 18.7 Å². The summed E-state index contributed by atoms with van der Waals surface area (Å²) in [6, 6.07) is 10.2. The van der Waals surface area contributed by atoms with Crippen LogP contribution < -0.4 is 15.4 Å². The zero-order chi connectivity index (χ0) is 19.0. The van der Waals surface area contributed by atoms with Crippen LogP contribution in [0.15, 0.2) is 36.4 Å². The van der Waals surface area contributed by atoms with E-state index in [1.807, 2.05) is 12.1 Å². The maximum Gasteiger partial charge on any atom is 0.415 e. The number of anilines is 2. The van der Waals surface area contributed by atoms with Crippen molar-refractivity contribution in [2.24, 2.45) is 0 Å². The summed E-state index contributed by atoms with van der Waals surface area (Å²) in [6.07, 6.45) is 1.86. The second-order valence-corrected chi connectivity index (χ2v) is 6.84. The molecule has 2 heterocycles. The van der Waals surface area contributed by atoms with Gasteiger partial charge >= 0.3 is 6.09 Å². The highest BCUT2D eigenvalue weighted by Crippen LogP contribution is 2.33. The number of nitrogens with zero attached hydrogens (tertiary/aromatic N) is 2. The fourth-order valence-corrected chi connectivity index (χ4v) is 3.49. The van der Waals surface area contributed by atoms with Crippen molar-refractivity contribution in [3.8, 4) is 5.75 Å². The molecule has 0 radical (unpaired) electrons. The summed E-state index contributed by atoms with van der Waals surface area (Å²) < 4.78 is 19.6. The van der Waals surface area contributed by atoms with Crippen molar-refractivity contribution in [2.45, 2.75) is 32.4 Å². The minimum absolute atomic E-state index is 0.0501. The smallest absolute Gasteiger partial charge is 0.410 e. The van der Waals surface area contributed by atoms with Crippen molar-refractivity contribution in [3.63, 3.8) is 0 Å². The van der Waals surface area contributed by atoms with Crippen molar-refractivity contribution in [1.82, 2.24) is 4.90 Å². The van der Waals surface area contributed by atoms with Gasteiger partial charge in [-0.05, 0) is 25.0 Å². The predicted molar refractivity (Wildman–Crippen MR) is 98.7 cm³/mol. The number of benzene rings is 2. The Balaban J connectivity index is 1.55. The summed E-state index contributed by atoms with van der Waals surface area (Å²) in [5.41, 5.74) is 7.53. The molecule has 4 rings (SSSR count). The first-order valence-electron chi connectivity index (χ1n) is 8.96. The molecule has 27 heavy (non-hydrogen) atoms. The number of amides is 2. The highest BCUT2D eigenvalue weighted by Gasteiger charge is 2.28. The van der Waals surface area contributed by atoms with E-state index in [0.29, 0.717) is 30.8 Å². The highest BCUT2D eigenvalue weighted by molar-refractivity contribution is 5.94. The van der Waals surface area contributed by atoms with Gasteiger partial charge in [0.2, 0.25) is 5.91 Å². The maximum absolute atomic E-state index is 14.1. The number of hydrogen-bond donors (Lipinski definition) is 1. The van der Waals surface area contributed by atoms with Crippen LogP contribution in [0.1, 0.15) is 30.4 Å². The Morgan fingerprint density at radius 1 is 1.15 bits per heavy atom. The molecular formula is C20H20FN3O3. The van der Waals surface area contributed by atoms with Gasteiger partial charge in [-0.1, -0.05) is 18.2 Å². The average Bonchev–Trinajstić information content (AvgIpc) is 2.66. The molecule has 1 fully saturated rings. The number of hydrogen-bond acceptors (Lipinski definition) is 4. The van der Waals surface area contributed by atoms with E-state index in [2.05, 4.69) is 0 Å². The summed E-state index contributed by atoms with van der Waals surface area (Å²) in [5, 5.41) is 0. The van der Waals surface area contributed by atoms with Gasteiger partial charge in [-0.3, -0.25) is 9.69 Å². The lowest BCUT2D eigenvalue weighted by Gasteiger charge is -2.31. The normalized spacial score (nSPS) is 16.9. The van der Waals surface area contributed by atoms with E-state index in [4.69, 9.17) is 10.5 Å². The first kappa shape index (κ1) is 17.3. The maximum atomic E-state index is 14.1. The number of fused-ring (bicyclic) bond motifs is 1. The van der Waals surface area contributed by atoms with E-state index in [-0.39, 0.29) is 18.1 Å². The van der Waals surface area contributed by atoms with Crippen molar-refractivity contribution >= 4 is 23.4 Å². The van der Waals surface area contributed by atoms with Gasteiger partial charge < -0.3 is 15.4 Å². The third kappa shape index (κ3) is 3.32. The topological polar surface area (TPSA) is 75.9 Å². The van der Waals surface area contributed by atoms with E-state index in [9.17, 15) is 14.0 Å². The second kappa shape index (κ2) is 6.90. The largest absolute Gasteiger partial charge is 0.415 e. The predicted octanol–water partition coefficient (Wildman–Crippen LogP) is 3.44. The fraction of sp³-hybridized carbons (Fsp3) is 0.300. The summed E-state index contributed by atoms with van der Waals surface area (Å²) in [5.74, 6) is 0.0114. The quantitative estimate of drug-likeness (QED) is 0.841. The molecular weight excluding hydrogens is 349 g/mol. The van der Waals surface area contributed by atoms with Gasteiger partial charge in [-0.15, -0.1) is 0 Å². The number of piperidine rings is 1. The van der Waals surface area contributed by atoms with Crippen LogP contribution in [-0.2, 0) is 17.9 Å². The molecule has 0 spiro atoms. The van der Waals surface area contributed by atoms with Crippen LogP contribution in [0.25, 0.3) is 0 Å². The van der Waals surface area contributed by atoms with Crippen LogP contribution in [-0.4, -0.2) is 23.4 Å². The lowest BCUT2D eigenvalue weighted by molar-refractivity contribution is -0.119. The summed E-state index contributed by atoms with van der Waals surface area (Å²) in [4.78, 5) is 27.6. The van der Waals surface area contributed by atoms with Crippen molar-refractivity contribution in [3.05, 3.63) is 53.3 Å². The minimum Gasteiger partial charge on any atom is -0.410 e. The van der Waals surface area contributed by atoms with Crippen LogP contribution in [0.2, 0.25) is 0 Å². The first-order chi connectivity index (χ1) is 13.0. The molecule has 2 N–H and O–H groups in total. The van der Waals surface area contributed by atoms with Gasteiger partial charge in [0, 0.05) is 35.8 Å². The molecule has 1 saturated heterocycles. The molecule has 140 valence electrons. The minimum atomic E-state index is -0.550. The van der Waals surface area contributed by atoms with Crippen molar-refractivity contribution in [1.29, 1.82) is 0 Å². The lowest BCUT2D eigenvalue weighted by atomic mass is 10.1. The van der Waals surface area contributed by atoms with Gasteiger partial charge in [0.15, 0.2) is 5.82 Å². The van der Waals surface area contributed by atoms with E-state index < -0.39 is 11.9 Å². The fourth-order valence-electron chi connectivity index (χ4n) is 3.49. The molecule has 0 saturated carbocycles. The van der Waals surface area contributed by atoms with Gasteiger partial charge in [-0.2, -0.15) is 0 Å². The molecule has 7 heteroatoms. The van der Waals surface area contributed by atoms with Crippen LogP contribution in [0, 0.1) is 5.82 Å². The SMILES string of the molecule is Nc1cccc(CN2Cc3ccc(N4CCCCC4=O)cc3OC2=O)c1F. The average molecular weight is 369 g/mol. The number of nitrogen functional groups attached to an aromatic ring is 1. The Hall–Kier alpha value is -3.09. The van der Waals surface area contributed by atoms with Crippen LogP contribution in [0.4, 0.5) is 20.6 Å². The second-order valence-electron chi connectivity index (χ2n) is 6.84. The standard InChI is InChI=1S/C20H20FN3O3/c21-19-14(4-3-5-16(19)22)12-23-11-13-7-8-15(10-17(13)27-20(23)26)24-9-2-1-6-18(24)25/h3-5,7-8,10H,1-2,6,9,11-12,22H2. The Morgan fingerprint density at radius 3 is 2.81 bits per heavy atom. The van der Waals surface area contributed by atoms with E-state index in [0.717, 1.165) is 24.1 Å². The van der Waals surface area contributed by atoms with Crippen LogP contribution in [0.5, 0.6) is 5.75 Å². The molecule has 6 nitrogen and oxygen atoms in total. The number of ether oxygens (including phenoxy) is 1. The molecule has 2 aromatic carbocycles. The summed E-state index contributed by atoms with van der Waals surface area (Å²) in [6.45, 7) is 1.05. The zero-order valence-corrected chi connectivity index (χ0v) is 14.8. The number of carbonyl (C=O) groups excluding carboxylic acids is 2. The first-order valence-corrected chi connectivity index (χ1v) is 8.96. The molecule has 0 atom stereocenters. The Kier molecular flexibility index (Phi) is 4.43. The Labute approximate surface area is 156 Å². The molecule has 0 unspecified atom stereocenters. The zero-order valence-electron chi connectivity index (χ0n) is 14.8. The molecule has 2 amide bonds. The molecule has 2 aromatic rings. The number of rotatable bonds is 3. The number of carbonyl (C=O) groups is 2. The van der Waals surface area contributed by atoms with Crippen LogP contribution in [0.3, 0.4) is 0 Å². The number of nitrogens with two attached hydrogens (primary N) is 1. The Morgan fingerprint density at radius 2 is 2.00 bits per heavy atom. The molecule has 0 bridgehead atoms. The highest BCUT2D eigenvalue weighted by atomic mass is 19.1. The molecule has 0 aliphatic carbocycles. The molecule has 2 aliphatic rings. The monoisotopic (exact) mass is 369 g/mol. The summed E-state index contributed by atoms with van der Waals surface area (Å²) >= 11 is 0. The Bertz CT molecular complexity index is 915. The van der Waals surface area contributed by atoms with E-state index >= 15 is 0 Å². The van der Waals surface area contributed by atoms with Gasteiger partial charge in [0.05, 0.1) is 18.8 Å².